The van der Waals surface area contributed by atoms with Crippen molar-refractivity contribution >= 4 is 28.2 Å². The normalized spacial score (nSPS) is 13.5. The molecule has 2 aromatic heterocycles. The molecular formula is C22H21FN2O4S. The van der Waals surface area contributed by atoms with Crippen LogP contribution in [0.4, 0.5) is 9.39 Å². The Kier molecular flexibility index (Phi) is 5.85. The highest BCUT2D eigenvalue weighted by Crippen LogP contribution is 2.39. The van der Waals surface area contributed by atoms with E-state index < -0.39 is 17.8 Å². The molecule has 1 aromatic carbocycles. The lowest BCUT2D eigenvalue weighted by Gasteiger charge is -2.15. The molecule has 3 aromatic rings. The fraction of sp³-hybridized carbons (Fsp3) is 0.273. The second-order valence-corrected chi connectivity index (χ2v) is 8.11. The third-order valence-corrected chi connectivity index (χ3v) is 6.11. The molecule has 0 saturated heterocycles. The van der Waals surface area contributed by atoms with Gasteiger partial charge in [0.2, 0.25) is 0 Å². The number of carbonyl (C=O) groups excluding carboxylic acids is 2. The molecule has 1 atom stereocenters. The van der Waals surface area contributed by atoms with Crippen LogP contribution in [0.15, 0.2) is 47.1 Å². The summed E-state index contributed by atoms with van der Waals surface area (Å²) < 4.78 is 24.5. The number of hydrogen-bond acceptors (Lipinski definition) is 5. The summed E-state index contributed by atoms with van der Waals surface area (Å²) >= 11 is 1.41. The molecule has 2 amide bonds. The van der Waals surface area contributed by atoms with Crippen molar-refractivity contribution in [1.82, 2.24) is 5.32 Å². The Labute approximate surface area is 177 Å². The van der Waals surface area contributed by atoms with Crippen LogP contribution in [0.1, 0.15) is 39.9 Å². The number of furan rings is 1. The Balaban J connectivity index is 1.49. The van der Waals surface area contributed by atoms with Crippen LogP contribution in [0.5, 0.6) is 5.75 Å². The average Bonchev–Trinajstić information content (AvgIpc) is 3.45. The zero-order valence-corrected chi connectivity index (χ0v) is 17.2. The number of hydrogen-bond donors (Lipinski definition) is 2. The number of aryl methyl sites for hydroxylation is 1. The van der Waals surface area contributed by atoms with Crippen molar-refractivity contribution in [3.05, 3.63) is 70.2 Å². The molecule has 2 N–H and O–H groups in total. The van der Waals surface area contributed by atoms with Gasteiger partial charge >= 0.3 is 0 Å². The minimum Gasteiger partial charge on any atom is -0.478 e. The van der Waals surface area contributed by atoms with Gasteiger partial charge in [-0.25, -0.2) is 4.39 Å². The largest absolute Gasteiger partial charge is 0.478 e. The second kappa shape index (κ2) is 8.71. The summed E-state index contributed by atoms with van der Waals surface area (Å²) in [6.07, 6.45) is 3.28. The van der Waals surface area contributed by atoms with E-state index in [2.05, 4.69) is 10.6 Å². The molecule has 0 spiro atoms. The molecule has 6 nitrogen and oxygen atoms in total. The Morgan fingerprint density at radius 3 is 2.83 bits per heavy atom. The summed E-state index contributed by atoms with van der Waals surface area (Å²) in [4.78, 5) is 26.7. The molecule has 0 aliphatic heterocycles. The van der Waals surface area contributed by atoms with Gasteiger partial charge in [0, 0.05) is 4.88 Å². The molecule has 0 radical (unpaired) electrons. The summed E-state index contributed by atoms with van der Waals surface area (Å²) in [5, 5.41) is 6.14. The van der Waals surface area contributed by atoms with Crippen LogP contribution in [-0.2, 0) is 24.2 Å². The van der Waals surface area contributed by atoms with Gasteiger partial charge in [-0.05, 0) is 56.0 Å². The first-order valence-electron chi connectivity index (χ1n) is 9.70. The molecule has 0 fully saturated rings. The van der Waals surface area contributed by atoms with Gasteiger partial charge in [-0.3, -0.25) is 9.59 Å². The third-order valence-electron chi connectivity index (χ3n) is 4.90. The van der Waals surface area contributed by atoms with Crippen LogP contribution in [0.3, 0.4) is 0 Å². The van der Waals surface area contributed by atoms with Gasteiger partial charge in [0.1, 0.15) is 10.8 Å². The first-order chi connectivity index (χ1) is 14.5. The number of benzene rings is 1. The maximum atomic E-state index is 13.8. The highest BCUT2D eigenvalue weighted by molar-refractivity contribution is 7.17. The maximum Gasteiger partial charge on any atom is 0.265 e. The summed E-state index contributed by atoms with van der Waals surface area (Å²) in [7, 11) is 0. The number of carbonyl (C=O) groups is 2. The van der Waals surface area contributed by atoms with Gasteiger partial charge in [-0.15, -0.1) is 11.3 Å². The van der Waals surface area contributed by atoms with Crippen LogP contribution in [0, 0.1) is 5.82 Å². The second-order valence-electron chi connectivity index (χ2n) is 7.00. The van der Waals surface area contributed by atoms with Crippen molar-refractivity contribution in [3.8, 4) is 5.75 Å². The van der Waals surface area contributed by atoms with E-state index in [9.17, 15) is 14.0 Å². The molecule has 2 heterocycles. The summed E-state index contributed by atoms with van der Waals surface area (Å²) in [6.45, 7) is 1.80. The number of ether oxygens (including phenoxy) is 1. The molecule has 1 aliphatic rings. The van der Waals surface area contributed by atoms with E-state index in [0.717, 1.165) is 29.7 Å². The minimum absolute atomic E-state index is 0.00485. The Hall–Kier alpha value is -3.13. The first kappa shape index (κ1) is 20.2. The summed E-state index contributed by atoms with van der Waals surface area (Å²) in [6, 6.07) is 9.45. The van der Waals surface area contributed by atoms with Gasteiger partial charge < -0.3 is 19.8 Å². The first-order valence-corrected chi connectivity index (χ1v) is 10.5. The summed E-state index contributed by atoms with van der Waals surface area (Å²) in [5.41, 5.74) is 1.47. The Morgan fingerprint density at radius 1 is 1.23 bits per heavy atom. The number of thiophene rings is 1. The lowest BCUT2D eigenvalue weighted by Crippen LogP contribution is -2.31. The predicted octanol–water partition coefficient (Wildman–Crippen LogP) is 4.30. The number of rotatable bonds is 7. The highest BCUT2D eigenvalue weighted by atomic mass is 32.1. The fourth-order valence-corrected chi connectivity index (χ4v) is 4.69. The fourth-order valence-electron chi connectivity index (χ4n) is 3.40. The van der Waals surface area contributed by atoms with Crippen molar-refractivity contribution < 1.29 is 23.1 Å². The topological polar surface area (TPSA) is 80.6 Å². The zero-order chi connectivity index (χ0) is 21.1. The SMILES string of the molecule is C[C@@H](Oc1ccccc1F)C(=O)Nc1sc2c(c1C(=O)NCc1ccco1)CCC2. The Bertz CT molecular complexity index is 1060. The Morgan fingerprint density at radius 2 is 2.07 bits per heavy atom. The molecule has 0 saturated carbocycles. The van der Waals surface area contributed by atoms with Crippen LogP contribution in [-0.4, -0.2) is 17.9 Å². The van der Waals surface area contributed by atoms with Gasteiger partial charge in [-0.2, -0.15) is 0 Å². The van der Waals surface area contributed by atoms with Crippen molar-refractivity contribution in [3.63, 3.8) is 0 Å². The third kappa shape index (κ3) is 4.23. The molecule has 0 unspecified atom stereocenters. The van der Waals surface area contributed by atoms with Crippen molar-refractivity contribution in [2.75, 3.05) is 5.32 Å². The molecule has 8 heteroatoms. The minimum atomic E-state index is -0.933. The van der Waals surface area contributed by atoms with Crippen LogP contribution in [0.2, 0.25) is 0 Å². The number of nitrogens with one attached hydrogen (secondary N) is 2. The average molecular weight is 428 g/mol. The van der Waals surface area contributed by atoms with Crippen molar-refractivity contribution in [2.45, 2.75) is 38.8 Å². The van der Waals surface area contributed by atoms with E-state index in [1.807, 2.05) is 0 Å². The lowest BCUT2D eigenvalue weighted by atomic mass is 10.1. The standard InChI is InChI=1S/C22H21FN2O4S/c1-13(29-17-9-3-2-8-16(17)23)20(26)25-22-19(15-7-4-10-18(15)30-22)21(27)24-12-14-6-5-11-28-14/h2-3,5-6,8-9,11,13H,4,7,10,12H2,1H3,(H,24,27)(H,25,26)/t13-/m1/s1. The highest BCUT2D eigenvalue weighted by Gasteiger charge is 2.28. The lowest BCUT2D eigenvalue weighted by molar-refractivity contribution is -0.122. The van der Waals surface area contributed by atoms with Gasteiger partial charge in [-0.1, -0.05) is 12.1 Å². The predicted molar refractivity (Wildman–Crippen MR) is 111 cm³/mol. The maximum absolute atomic E-state index is 13.8. The van der Waals surface area contributed by atoms with Crippen LogP contribution >= 0.6 is 11.3 Å². The van der Waals surface area contributed by atoms with Crippen LogP contribution in [0.25, 0.3) is 0 Å². The van der Waals surface area contributed by atoms with E-state index in [1.165, 1.54) is 23.5 Å². The van der Waals surface area contributed by atoms with E-state index in [1.54, 1.807) is 37.5 Å². The monoisotopic (exact) mass is 428 g/mol. The van der Waals surface area contributed by atoms with Gasteiger partial charge in [0.05, 0.1) is 18.4 Å². The zero-order valence-electron chi connectivity index (χ0n) is 16.4. The molecule has 1 aliphatic carbocycles. The number of amides is 2. The molecular weight excluding hydrogens is 407 g/mol. The number of anilines is 1. The smallest absolute Gasteiger partial charge is 0.265 e. The number of halogens is 1. The van der Waals surface area contributed by atoms with Gasteiger partial charge in [0.15, 0.2) is 17.7 Å². The van der Waals surface area contributed by atoms with E-state index in [4.69, 9.17) is 9.15 Å². The molecule has 30 heavy (non-hydrogen) atoms. The van der Waals surface area contributed by atoms with E-state index in [0.29, 0.717) is 16.3 Å². The van der Waals surface area contributed by atoms with Crippen molar-refractivity contribution in [2.24, 2.45) is 0 Å². The molecule has 0 bridgehead atoms. The van der Waals surface area contributed by atoms with E-state index in [-0.39, 0.29) is 18.2 Å². The number of para-hydroxylation sites is 1. The number of fused-ring (bicyclic) bond motifs is 1. The quantitative estimate of drug-likeness (QED) is 0.588. The molecule has 4 rings (SSSR count). The van der Waals surface area contributed by atoms with Crippen LogP contribution < -0.4 is 15.4 Å². The van der Waals surface area contributed by atoms with Gasteiger partial charge in [0.25, 0.3) is 11.8 Å². The molecule has 156 valence electrons. The van der Waals surface area contributed by atoms with Crippen molar-refractivity contribution in [1.29, 1.82) is 0 Å². The van der Waals surface area contributed by atoms with E-state index >= 15 is 0 Å². The summed E-state index contributed by atoms with van der Waals surface area (Å²) in [5.74, 6) is -0.592.